The Morgan fingerprint density at radius 2 is 1.75 bits per heavy atom. The van der Waals surface area contributed by atoms with Gasteiger partial charge < -0.3 is 10.2 Å². The van der Waals surface area contributed by atoms with E-state index in [9.17, 15) is 15.0 Å². The normalized spacial score (nSPS) is 14.8. The highest BCUT2D eigenvalue weighted by atomic mass is 16.3. The van der Waals surface area contributed by atoms with E-state index in [1.807, 2.05) is 13.8 Å². The molecule has 0 heterocycles. The van der Waals surface area contributed by atoms with Crippen LogP contribution in [0, 0.1) is 5.92 Å². The van der Waals surface area contributed by atoms with Gasteiger partial charge in [0.1, 0.15) is 6.10 Å². The van der Waals surface area contributed by atoms with Crippen molar-refractivity contribution in [3.05, 3.63) is 35.9 Å². The van der Waals surface area contributed by atoms with Gasteiger partial charge in [0.15, 0.2) is 5.78 Å². The van der Waals surface area contributed by atoms with Crippen molar-refractivity contribution in [3.8, 4) is 0 Å². The van der Waals surface area contributed by atoms with Gasteiger partial charge in [-0.05, 0) is 12.3 Å². The second-order valence-corrected chi connectivity index (χ2v) is 4.37. The molecule has 2 atom stereocenters. The maximum Gasteiger partial charge on any atom is 0.193 e. The molecule has 16 heavy (non-hydrogen) atoms. The van der Waals surface area contributed by atoms with Crippen molar-refractivity contribution in [1.82, 2.24) is 0 Å². The van der Waals surface area contributed by atoms with Crippen LogP contribution in [-0.2, 0) is 0 Å². The fourth-order valence-electron chi connectivity index (χ4n) is 1.56. The van der Waals surface area contributed by atoms with E-state index in [1.54, 1.807) is 30.3 Å². The summed E-state index contributed by atoms with van der Waals surface area (Å²) in [6.07, 6.45) is -1.91. The molecule has 3 nitrogen and oxygen atoms in total. The molecule has 1 aromatic carbocycles. The van der Waals surface area contributed by atoms with Crippen LogP contribution in [0.4, 0.5) is 0 Å². The lowest BCUT2D eigenvalue weighted by molar-refractivity contribution is 0.0127. The minimum absolute atomic E-state index is 0.244. The molecule has 0 bridgehead atoms. The molecule has 0 aliphatic rings. The average molecular weight is 222 g/mol. The van der Waals surface area contributed by atoms with Gasteiger partial charge in [-0.15, -0.1) is 0 Å². The Labute approximate surface area is 95.7 Å². The molecular formula is C13H18O3. The van der Waals surface area contributed by atoms with Crippen molar-refractivity contribution in [3.63, 3.8) is 0 Å². The Kier molecular flexibility index (Phi) is 4.65. The van der Waals surface area contributed by atoms with Gasteiger partial charge in [-0.3, -0.25) is 4.79 Å². The van der Waals surface area contributed by atoms with Gasteiger partial charge in [0.2, 0.25) is 0 Å². The van der Waals surface area contributed by atoms with Crippen LogP contribution in [0.2, 0.25) is 0 Å². The van der Waals surface area contributed by atoms with E-state index in [2.05, 4.69) is 0 Å². The predicted octanol–water partition coefficient (Wildman–Crippen LogP) is 1.64. The highest BCUT2D eigenvalue weighted by Crippen LogP contribution is 2.12. The van der Waals surface area contributed by atoms with E-state index in [-0.39, 0.29) is 5.92 Å². The quantitative estimate of drug-likeness (QED) is 0.744. The minimum atomic E-state index is -1.33. The van der Waals surface area contributed by atoms with Gasteiger partial charge in [-0.2, -0.15) is 0 Å². The molecule has 0 saturated heterocycles. The zero-order valence-electron chi connectivity index (χ0n) is 9.63. The first-order valence-electron chi connectivity index (χ1n) is 5.47. The largest absolute Gasteiger partial charge is 0.390 e. The topological polar surface area (TPSA) is 57.5 Å². The smallest absolute Gasteiger partial charge is 0.193 e. The number of hydrogen-bond acceptors (Lipinski definition) is 3. The maximum atomic E-state index is 11.8. The molecule has 0 saturated carbocycles. The van der Waals surface area contributed by atoms with E-state index in [0.29, 0.717) is 12.0 Å². The Bertz CT molecular complexity index is 332. The molecule has 1 aromatic rings. The van der Waals surface area contributed by atoms with Crippen LogP contribution in [0.1, 0.15) is 30.6 Å². The Balaban J connectivity index is 2.67. The highest BCUT2D eigenvalue weighted by molar-refractivity contribution is 5.99. The monoisotopic (exact) mass is 222 g/mol. The van der Waals surface area contributed by atoms with Gasteiger partial charge in [0.25, 0.3) is 0 Å². The number of Topliss-reactive ketones (excluding diaryl/α,β-unsaturated/α-hetero) is 1. The number of hydrogen-bond donors (Lipinski definition) is 2. The first-order valence-corrected chi connectivity index (χ1v) is 5.47. The number of aliphatic hydroxyl groups is 2. The van der Waals surface area contributed by atoms with Crippen molar-refractivity contribution in [1.29, 1.82) is 0 Å². The molecule has 0 aliphatic heterocycles. The molecule has 0 aliphatic carbocycles. The van der Waals surface area contributed by atoms with Crippen molar-refractivity contribution in [2.24, 2.45) is 5.92 Å². The summed E-state index contributed by atoms with van der Waals surface area (Å²) in [6, 6.07) is 8.53. The molecule has 0 fully saturated rings. The van der Waals surface area contributed by atoms with Crippen LogP contribution < -0.4 is 0 Å². The number of rotatable bonds is 5. The van der Waals surface area contributed by atoms with E-state index in [4.69, 9.17) is 0 Å². The SMILES string of the molecule is CC(C)C[C@@H](O)[C@@H](O)C(=O)c1ccccc1. The second-order valence-electron chi connectivity index (χ2n) is 4.37. The summed E-state index contributed by atoms with van der Waals surface area (Å²) in [5, 5.41) is 19.3. The number of benzene rings is 1. The van der Waals surface area contributed by atoms with E-state index >= 15 is 0 Å². The van der Waals surface area contributed by atoms with E-state index in [1.165, 1.54) is 0 Å². The zero-order valence-corrected chi connectivity index (χ0v) is 9.63. The molecule has 0 aromatic heterocycles. The van der Waals surface area contributed by atoms with Gasteiger partial charge in [-0.1, -0.05) is 44.2 Å². The molecule has 1 rings (SSSR count). The summed E-state index contributed by atoms with van der Waals surface area (Å²) in [5.74, 6) is -0.179. The predicted molar refractivity (Wildman–Crippen MR) is 62.2 cm³/mol. The second kappa shape index (κ2) is 5.77. The molecule has 3 heteroatoms. The van der Waals surface area contributed by atoms with Crippen LogP contribution in [-0.4, -0.2) is 28.2 Å². The van der Waals surface area contributed by atoms with Crippen LogP contribution in [0.3, 0.4) is 0 Å². The zero-order chi connectivity index (χ0) is 12.1. The summed E-state index contributed by atoms with van der Waals surface area (Å²) in [7, 11) is 0. The first kappa shape index (κ1) is 12.9. The van der Waals surface area contributed by atoms with Crippen molar-refractivity contribution < 1.29 is 15.0 Å². The summed E-state index contributed by atoms with van der Waals surface area (Å²) >= 11 is 0. The van der Waals surface area contributed by atoms with Crippen LogP contribution >= 0.6 is 0 Å². The molecule has 0 spiro atoms. The first-order chi connectivity index (χ1) is 7.52. The summed E-state index contributed by atoms with van der Waals surface area (Å²) < 4.78 is 0. The fraction of sp³-hybridized carbons (Fsp3) is 0.462. The minimum Gasteiger partial charge on any atom is -0.390 e. The highest BCUT2D eigenvalue weighted by Gasteiger charge is 2.25. The molecule has 88 valence electrons. The lowest BCUT2D eigenvalue weighted by atomic mass is 9.96. The Morgan fingerprint density at radius 3 is 2.25 bits per heavy atom. The standard InChI is InChI=1S/C13H18O3/c1-9(2)8-11(14)13(16)12(15)10-6-4-3-5-7-10/h3-7,9,11,13-14,16H,8H2,1-2H3/t11-,13-/m1/s1. The lowest BCUT2D eigenvalue weighted by Gasteiger charge is -2.18. The van der Waals surface area contributed by atoms with Gasteiger partial charge in [-0.25, -0.2) is 0 Å². The molecule has 0 radical (unpaired) electrons. The third-order valence-electron chi connectivity index (χ3n) is 2.40. The van der Waals surface area contributed by atoms with Crippen molar-refractivity contribution in [2.75, 3.05) is 0 Å². The summed E-state index contributed by atoms with van der Waals surface area (Å²) in [4.78, 5) is 11.8. The third kappa shape index (κ3) is 3.43. The number of aliphatic hydroxyl groups excluding tert-OH is 2. The Morgan fingerprint density at radius 1 is 1.19 bits per heavy atom. The Hall–Kier alpha value is -1.19. The molecule has 0 unspecified atom stereocenters. The molecule has 0 amide bonds. The number of carbonyl (C=O) groups excluding carboxylic acids is 1. The number of carbonyl (C=O) groups is 1. The van der Waals surface area contributed by atoms with Crippen molar-refractivity contribution >= 4 is 5.78 Å². The van der Waals surface area contributed by atoms with Crippen LogP contribution in [0.25, 0.3) is 0 Å². The van der Waals surface area contributed by atoms with Crippen LogP contribution in [0.5, 0.6) is 0 Å². The van der Waals surface area contributed by atoms with Crippen LogP contribution in [0.15, 0.2) is 30.3 Å². The van der Waals surface area contributed by atoms with Gasteiger partial charge >= 0.3 is 0 Å². The maximum absolute atomic E-state index is 11.8. The van der Waals surface area contributed by atoms with Gasteiger partial charge in [0.05, 0.1) is 6.10 Å². The molecule has 2 N–H and O–H groups in total. The number of ketones is 1. The fourth-order valence-corrected chi connectivity index (χ4v) is 1.56. The van der Waals surface area contributed by atoms with Crippen molar-refractivity contribution in [2.45, 2.75) is 32.5 Å². The van der Waals surface area contributed by atoms with E-state index in [0.717, 1.165) is 0 Å². The molecular weight excluding hydrogens is 204 g/mol. The third-order valence-corrected chi connectivity index (χ3v) is 2.40. The average Bonchev–Trinajstić information content (AvgIpc) is 2.27. The summed E-state index contributed by atoms with van der Waals surface area (Å²) in [6.45, 7) is 3.87. The summed E-state index contributed by atoms with van der Waals surface area (Å²) in [5.41, 5.74) is 0.429. The lowest BCUT2D eigenvalue weighted by Crippen LogP contribution is -2.34. The van der Waals surface area contributed by atoms with E-state index < -0.39 is 18.0 Å². The van der Waals surface area contributed by atoms with Gasteiger partial charge in [0, 0.05) is 5.56 Å².